The third-order valence-corrected chi connectivity index (χ3v) is 2.41. The van der Waals surface area contributed by atoms with Gasteiger partial charge in [0.1, 0.15) is 12.4 Å². The van der Waals surface area contributed by atoms with Gasteiger partial charge in [0.25, 0.3) is 0 Å². The molecule has 2 N–H and O–H groups in total. The van der Waals surface area contributed by atoms with Crippen LogP contribution in [0.25, 0.3) is 0 Å². The van der Waals surface area contributed by atoms with Gasteiger partial charge in [-0.3, -0.25) is 4.79 Å². The molecule has 0 bridgehead atoms. The lowest BCUT2D eigenvalue weighted by atomic mass is 10.2. The number of rotatable bonds is 5. The third-order valence-electron chi connectivity index (χ3n) is 2.41. The van der Waals surface area contributed by atoms with Crippen molar-refractivity contribution in [1.29, 1.82) is 0 Å². The first kappa shape index (κ1) is 15.4. The van der Waals surface area contributed by atoms with E-state index in [4.69, 9.17) is 0 Å². The SMILES string of the molecule is CC(NCc1ccccc1F)C(=O)NCC(F)(F)F. The van der Waals surface area contributed by atoms with Crippen LogP contribution < -0.4 is 10.6 Å². The largest absolute Gasteiger partial charge is 0.405 e. The predicted octanol–water partition coefficient (Wildman–Crippen LogP) is 1.98. The van der Waals surface area contributed by atoms with Gasteiger partial charge in [0.15, 0.2) is 0 Å². The number of carbonyl (C=O) groups is 1. The van der Waals surface area contributed by atoms with Crippen molar-refractivity contribution in [1.82, 2.24) is 10.6 Å². The number of benzene rings is 1. The van der Waals surface area contributed by atoms with Crippen LogP contribution >= 0.6 is 0 Å². The molecule has 1 amide bonds. The first-order valence-electron chi connectivity index (χ1n) is 5.61. The van der Waals surface area contributed by atoms with Crippen molar-refractivity contribution < 1.29 is 22.4 Å². The molecule has 0 saturated heterocycles. The van der Waals surface area contributed by atoms with Crippen LogP contribution in [0.5, 0.6) is 0 Å². The Morgan fingerprint density at radius 2 is 1.95 bits per heavy atom. The smallest absolute Gasteiger partial charge is 0.346 e. The van der Waals surface area contributed by atoms with Crippen LogP contribution in [0.15, 0.2) is 24.3 Å². The van der Waals surface area contributed by atoms with E-state index in [1.807, 2.05) is 0 Å². The molecule has 1 atom stereocenters. The van der Waals surface area contributed by atoms with Crippen molar-refractivity contribution in [2.45, 2.75) is 25.7 Å². The van der Waals surface area contributed by atoms with Gasteiger partial charge in [-0.05, 0) is 13.0 Å². The maximum Gasteiger partial charge on any atom is 0.405 e. The van der Waals surface area contributed by atoms with E-state index in [2.05, 4.69) is 5.32 Å². The Kier molecular flexibility index (Phi) is 5.29. The number of alkyl halides is 3. The van der Waals surface area contributed by atoms with Crippen molar-refractivity contribution in [2.75, 3.05) is 6.54 Å². The number of hydrogen-bond donors (Lipinski definition) is 2. The molecule has 19 heavy (non-hydrogen) atoms. The molecular weight excluding hydrogens is 264 g/mol. The molecule has 1 rings (SSSR count). The maximum atomic E-state index is 13.3. The molecule has 0 radical (unpaired) electrons. The number of hydrogen-bond acceptors (Lipinski definition) is 2. The zero-order chi connectivity index (χ0) is 14.5. The Labute approximate surface area is 108 Å². The van der Waals surface area contributed by atoms with E-state index in [-0.39, 0.29) is 6.54 Å². The highest BCUT2D eigenvalue weighted by molar-refractivity contribution is 5.81. The quantitative estimate of drug-likeness (QED) is 0.809. The highest BCUT2D eigenvalue weighted by Crippen LogP contribution is 2.12. The van der Waals surface area contributed by atoms with Crippen LogP contribution in [0.1, 0.15) is 12.5 Å². The van der Waals surface area contributed by atoms with Gasteiger partial charge < -0.3 is 10.6 Å². The second-order valence-corrected chi connectivity index (χ2v) is 4.03. The molecule has 1 aromatic rings. The summed E-state index contributed by atoms with van der Waals surface area (Å²) < 4.78 is 49.0. The highest BCUT2D eigenvalue weighted by atomic mass is 19.4. The first-order valence-corrected chi connectivity index (χ1v) is 5.61. The van der Waals surface area contributed by atoms with Crippen LogP contribution in [-0.2, 0) is 11.3 Å². The van der Waals surface area contributed by atoms with E-state index in [0.717, 1.165) is 0 Å². The molecule has 0 aliphatic carbocycles. The Morgan fingerprint density at radius 3 is 2.53 bits per heavy atom. The van der Waals surface area contributed by atoms with Crippen LogP contribution in [0, 0.1) is 5.82 Å². The summed E-state index contributed by atoms with van der Waals surface area (Å²) in [5.41, 5.74) is 0.345. The minimum atomic E-state index is -4.44. The molecule has 106 valence electrons. The topological polar surface area (TPSA) is 41.1 Å². The van der Waals surface area contributed by atoms with Crippen LogP contribution in [0.4, 0.5) is 17.6 Å². The molecule has 0 heterocycles. The lowest BCUT2D eigenvalue weighted by Gasteiger charge is -2.15. The summed E-state index contributed by atoms with van der Waals surface area (Å²) in [5, 5.41) is 4.41. The zero-order valence-electron chi connectivity index (χ0n) is 10.2. The molecule has 1 unspecified atom stereocenters. The number of amides is 1. The molecule has 7 heteroatoms. The predicted molar refractivity (Wildman–Crippen MR) is 61.8 cm³/mol. The summed E-state index contributed by atoms with van der Waals surface area (Å²) in [5.74, 6) is -1.22. The van der Waals surface area contributed by atoms with Gasteiger partial charge in [-0.15, -0.1) is 0 Å². The van der Waals surface area contributed by atoms with Crippen molar-refractivity contribution >= 4 is 5.91 Å². The van der Waals surface area contributed by atoms with Crippen LogP contribution in [0.2, 0.25) is 0 Å². The number of nitrogens with one attached hydrogen (secondary N) is 2. The van der Waals surface area contributed by atoms with Crippen molar-refractivity contribution in [3.8, 4) is 0 Å². The van der Waals surface area contributed by atoms with Crippen LogP contribution in [0.3, 0.4) is 0 Å². The molecule has 0 fully saturated rings. The fourth-order valence-corrected chi connectivity index (χ4v) is 1.34. The fraction of sp³-hybridized carbons (Fsp3) is 0.417. The third kappa shape index (κ3) is 5.69. The minimum absolute atomic E-state index is 0.0628. The van der Waals surface area contributed by atoms with E-state index < -0.39 is 30.5 Å². The average Bonchev–Trinajstić information content (AvgIpc) is 2.33. The second kappa shape index (κ2) is 6.51. The maximum absolute atomic E-state index is 13.3. The molecule has 3 nitrogen and oxygen atoms in total. The molecule has 1 aromatic carbocycles. The lowest BCUT2D eigenvalue weighted by Crippen LogP contribution is -2.45. The summed E-state index contributed by atoms with van der Waals surface area (Å²) in [6.07, 6.45) is -4.44. The lowest BCUT2D eigenvalue weighted by molar-refractivity contribution is -0.139. The molecule has 0 aliphatic heterocycles. The van der Waals surface area contributed by atoms with Crippen molar-refractivity contribution in [2.24, 2.45) is 0 Å². The normalized spacial score (nSPS) is 13.1. The van der Waals surface area contributed by atoms with E-state index in [0.29, 0.717) is 5.56 Å². The van der Waals surface area contributed by atoms with Gasteiger partial charge in [-0.1, -0.05) is 18.2 Å². The molecule has 0 spiro atoms. The van der Waals surface area contributed by atoms with Gasteiger partial charge in [-0.25, -0.2) is 4.39 Å². The summed E-state index contributed by atoms with van der Waals surface area (Å²) in [6, 6.07) is 5.11. The Hall–Kier alpha value is -1.63. The molecule has 0 saturated carbocycles. The molecule has 0 aliphatic rings. The van der Waals surface area contributed by atoms with Gasteiger partial charge >= 0.3 is 6.18 Å². The summed E-state index contributed by atoms with van der Waals surface area (Å²) in [6.45, 7) is 0.0946. The standard InChI is InChI=1S/C12H14F4N2O/c1-8(11(19)18-7-12(14,15)16)17-6-9-4-2-3-5-10(9)13/h2-5,8,17H,6-7H2,1H3,(H,18,19). The minimum Gasteiger partial charge on any atom is -0.346 e. The monoisotopic (exact) mass is 278 g/mol. The van der Waals surface area contributed by atoms with Gasteiger partial charge in [0, 0.05) is 12.1 Å². The molecule has 0 aromatic heterocycles. The Balaban J connectivity index is 2.41. The molecular formula is C12H14F4N2O. The average molecular weight is 278 g/mol. The van der Waals surface area contributed by atoms with Crippen LogP contribution in [-0.4, -0.2) is 24.7 Å². The van der Waals surface area contributed by atoms with E-state index in [9.17, 15) is 22.4 Å². The number of carbonyl (C=O) groups excluding carboxylic acids is 1. The zero-order valence-corrected chi connectivity index (χ0v) is 10.2. The van der Waals surface area contributed by atoms with E-state index in [1.54, 1.807) is 11.4 Å². The Bertz CT molecular complexity index is 434. The second-order valence-electron chi connectivity index (χ2n) is 4.03. The van der Waals surface area contributed by atoms with Gasteiger partial charge in [-0.2, -0.15) is 13.2 Å². The van der Waals surface area contributed by atoms with Crippen molar-refractivity contribution in [3.05, 3.63) is 35.6 Å². The Morgan fingerprint density at radius 1 is 1.32 bits per heavy atom. The van der Waals surface area contributed by atoms with Gasteiger partial charge in [0.05, 0.1) is 6.04 Å². The fourth-order valence-electron chi connectivity index (χ4n) is 1.34. The summed E-state index contributed by atoms with van der Waals surface area (Å²) in [7, 11) is 0. The highest BCUT2D eigenvalue weighted by Gasteiger charge is 2.28. The summed E-state index contributed by atoms with van der Waals surface area (Å²) in [4.78, 5) is 11.3. The first-order chi connectivity index (χ1) is 8.79. The van der Waals surface area contributed by atoms with E-state index in [1.165, 1.54) is 25.1 Å². The summed E-state index contributed by atoms with van der Waals surface area (Å²) >= 11 is 0. The number of halogens is 4. The van der Waals surface area contributed by atoms with Gasteiger partial charge in [0.2, 0.25) is 5.91 Å². The van der Waals surface area contributed by atoms with E-state index >= 15 is 0 Å². The van der Waals surface area contributed by atoms with Crippen molar-refractivity contribution in [3.63, 3.8) is 0 Å².